The molecule has 4 aromatic heterocycles. The van der Waals surface area contributed by atoms with Gasteiger partial charge in [0.25, 0.3) is 0 Å². The summed E-state index contributed by atoms with van der Waals surface area (Å²) in [5.74, 6) is 0.831. The predicted molar refractivity (Wildman–Crippen MR) is 126 cm³/mol. The molecule has 0 aliphatic carbocycles. The lowest BCUT2D eigenvalue weighted by molar-refractivity contribution is -0.117. The molecule has 0 saturated heterocycles. The number of fused-ring (bicyclic) bond motifs is 1. The summed E-state index contributed by atoms with van der Waals surface area (Å²) in [5, 5.41) is 3.54. The SMILES string of the molecule is CSc1nccc(-c2c(-c3cccc(C)n3)nc3nc(NC(=O)CC(C)(C)C)ccn23)n1. The molecule has 4 heterocycles. The van der Waals surface area contributed by atoms with Crippen LogP contribution in [0.2, 0.25) is 0 Å². The van der Waals surface area contributed by atoms with Crippen molar-refractivity contribution in [2.24, 2.45) is 5.41 Å². The van der Waals surface area contributed by atoms with Crippen molar-refractivity contribution in [2.75, 3.05) is 11.6 Å². The van der Waals surface area contributed by atoms with E-state index in [1.165, 1.54) is 11.8 Å². The lowest BCUT2D eigenvalue weighted by atomic mass is 9.92. The second-order valence-corrected chi connectivity index (χ2v) is 9.44. The topological polar surface area (TPSA) is 98.0 Å². The van der Waals surface area contributed by atoms with Crippen molar-refractivity contribution in [1.29, 1.82) is 0 Å². The van der Waals surface area contributed by atoms with Crippen LogP contribution in [0.25, 0.3) is 28.6 Å². The van der Waals surface area contributed by atoms with Gasteiger partial charge in [0.15, 0.2) is 5.16 Å². The van der Waals surface area contributed by atoms with Crippen molar-refractivity contribution in [1.82, 2.24) is 29.3 Å². The molecule has 4 aromatic rings. The molecule has 0 saturated carbocycles. The van der Waals surface area contributed by atoms with Crippen molar-refractivity contribution in [3.8, 4) is 22.8 Å². The molecule has 0 aliphatic heterocycles. The fourth-order valence-corrected chi connectivity index (χ4v) is 3.69. The number of amides is 1. The lowest BCUT2D eigenvalue weighted by Crippen LogP contribution is -2.20. The van der Waals surface area contributed by atoms with Crippen LogP contribution in [0.15, 0.2) is 47.9 Å². The molecular weight excluding hydrogens is 422 g/mol. The molecule has 4 rings (SSSR count). The number of pyridine rings is 1. The second-order valence-electron chi connectivity index (χ2n) is 8.67. The van der Waals surface area contributed by atoms with E-state index in [1.54, 1.807) is 12.3 Å². The first-order valence-corrected chi connectivity index (χ1v) is 11.5. The van der Waals surface area contributed by atoms with Crippen molar-refractivity contribution >= 4 is 29.3 Å². The fourth-order valence-electron chi connectivity index (χ4n) is 3.34. The highest BCUT2D eigenvalue weighted by atomic mass is 32.2. The maximum absolute atomic E-state index is 12.4. The van der Waals surface area contributed by atoms with Crippen molar-refractivity contribution in [3.63, 3.8) is 0 Å². The molecule has 1 amide bonds. The van der Waals surface area contributed by atoms with E-state index in [2.05, 4.69) is 25.3 Å². The number of carbonyl (C=O) groups excluding carboxylic acids is 1. The first-order chi connectivity index (χ1) is 15.2. The number of aryl methyl sites for hydroxylation is 1. The number of nitrogens with one attached hydrogen (secondary N) is 1. The maximum Gasteiger partial charge on any atom is 0.236 e. The van der Waals surface area contributed by atoms with Gasteiger partial charge >= 0.3 is 0 Å². The average molecular weight is 448 g/mol. The molecule has 0 spiro atoms. The van der Waals surface area contributed by atoms with Crippen molar-refractivity contribution in [2.45, 2.75) is 39.3 Å². The zero-order valence-corrected chi connectivity index (χ0v) is 19.6. The van der Waals surface area contributed by atoms with Gasteiger partial charge in [0.05, 0.1) is 11.4 Å². The van der Waals surface area contributed by atoms with Crippen LogP contribution < -0.4 is 5.32 Å². The minimum atomic E-state index is -0.110. The van der Waals surface area contributed by atoms with Crippen LogP contribution in [0, 0.1) is 12.3 Å². The highest BCUT2D eigenvalue weighted by Crippen LogP contribution is 2.31. The van der Waals surface area contributed by atoms with Gasteiger partial charge in [-0.15, -0.1) is 0 Å². The average Bonchev–Trinajstić information content (AvgIpc) is 3.11. The van der Waals surface area contributed by atoms with Crippen molar-refractivity contribution in [3.05, 3.63) is 48.4 Å². The van der Waals surface area contributed by atoms with Gasteiger partial charge in [-0.1, -0.05) is 38.6 Å². The van der Waals surface area contributed by atoms with Crippen LogP contribution in [0.4, 0.5) is 5.82 Å². The summed E-state index contributed by atoms with van der Waals surface area (Å²) in [6.07, 6.45) is 5.91. The third-order valence-corrected chi connectivity index (χ3v) is 5.20. The van der Waals surface area contributed by atoms with Crippen molar-refractivity contribution < 1.29 is 4.79 Å². The van der Waals surface area contributed by atoms with Gasteiger partial charge in [-0.2, -0.15) is 4.98 Å². The quantitative estimate of drug-likeness (QED) is 0.351. The normalized spacial score (nSPS) is 11.7. The zero-order chi connectivity index (χ0) is 22.9. The van der Waals surface area contributed by atoms with Crippen LogP contribution in [-0.4, -0.2) is 41.5 Å². The number of hydrogen-bond acceptors (Lipinski definition) is 7. The molecule has 9 heteroatoms. The maximum atomic E-state index is 12.4. The van der Waals surface area contributed by atoms with E-state index in [4.69, 9.17) is 4.98 Å². The predicted octanol–water partition coefficient (Wildman–Crippen LogP) is 4.65. The number of carbonyl (C=O) groups is 1. The summed E-state index contributed by atoms with van der Waals surface area (Å²) in [4.78, 5) is 35.3. The Bertz CT molecular complexity index is 1290. The molecule has 32 heavy (non-hydrogen) atoms. The molecule has 0 fully saturated rings. The lowest BCUT2D eigenvalue weighted by Gasteiger charge is -2.16. The second kappa shape index (κ2) is 8.66. The molecule has 164 valence electrons. The summed E-state index contributed by atoms with van der Waals surface area (Å²) in [7, 11) is 0. The standard InChI is InChI=1S/C23H25N7OS/c1-14-7-6-8-15(25-14)19-20(16-9-11-24-22(26-16)32-5)30-12-10-17(28-21(30)29-19)27-18(31)13-23(2,3)4/h6-12H,13H2,1-5H3,(H,27,28,29,31). The van der Waals surface area contributed by atoms with Gasteiger partial charge < -0.3 is 5.32 Å². The van der Waals surface area contributed by atoms with Crippen LogP contribution in [0.3, 0.4) is 0 Å². The molecule has 0 aliphatic rings. The minimum absolute atomic E-state index is 0.0814. The van der Waals surface area contributed by atoms with E-state index in [-0.39, 0.29) is 11.3 Å². The van der Waals surface area contributed by atoms with Crippen LogP contribution in [0.1, 0.15) is 32.9 Å². The number of aromatic nitrogens is 6. The highest BCUT2D eigenvalue weighted by Gasteiger charge is 2.21. The van der Waals surface area contributed by atoms with E-state index in [1.807, 2.05) is 68.8 Å². The van der Waals surface area contributed by atoms with Gasteiger partial charge in [0, 0.05) is 24.5 Å². The molecule has 0 aromatic carbocycles. The molecule has 8 nitrogen and oxygen atoms in total. The molecule has 1 N–H and O–H groups in total. The number of rotatable bonds is 5. The monoisotopic (exact) mass is 447 g/mol. The Morgan fingerprint density at radius 2 is 1.88 bits per heavy atom. The van der Waals surface area contributed by atoms with E-state index in [0.29, 0.717) is 28.9 Å². The Morgan fingerprint density at radius 1 is 1.06 bits per heavy atom. The van der Waals surface area contributed by atoms with E-state index in [0.717, 1.165) is 22.8 Å². The highest BCUT2D eigenvalue weighted by molar-refractivity contribution is 7.98. The van der Waals surface area contributed by atoms with E-state index < -0.39 is 0 Å². The van der Waals surface area contributed by atoms with E-state index >= 15 is 0 Å². The summed E-state index contributed by atoms with van der Waals surface area (Å²) in [5.41, 5.74) is 3.68. The number of hydrogen-bond donors (Lipinski definition) is 1. The van der Waals surface area contributed by atoms with Crippen LogP contribution >= 0.6 is 11.8 Å². The molecule has 0 atom stereocenters. The molecular formula is C23H25N7OS. The third-order valence-electron chi connectivity index (χ3n) is 4.64. The fraction of sp³-hybridized carbons (Fsp3) is 0.304. The Balaban J connectivity index is 1.84. The largest absolute Gasteiger partial charge is 0.311 e. The van der Waals surface area contributed by atoms with Gasteiger partial charge in [0.2, 0.25) is 11.7 Å². The molecule has 0 unspecified atom stereocenters. The van der Waals surface area contributed by atoms with Crippen LogP contribution in [-0.2, 0) is 4.79 Å². The summed E-state index contributed by atoms with van der Waals surface area (Å²) >= 11 is 1.47. The molecule has 0 radical (unpaired) electrons. The summed E-state index contributed by atoms with van der Waals surface area (Å²) in [6, 6.07) is 9.42. The Labute approximate surface area is 191 Å². The smallest absolute Gasteiger partial charge is 0.236 e. The van der Waals surface area contributed by atoms with Gasteiger partial charge in [-0.05, 0) is 42.9 Å². The summed E-state index contributed by atoms with van der Waals surface area (Å²) in [6.45, 7) is 8.01. The van der Waals surface area contributed by atoms with Crippen LogP contribution in [0.5, 0.6) is 0 Å². The number of anilines is 1. The molecule has 0 bridgehead atoms. The Kier molecular flexibility index (Phi) is 5.92. The van der Waals surface area contributed by atoms with Gasteiger partial charge in [0.1, 0.15) is 17.2 Å². The third kappa shape index (κ3) is 4.77. The first kappa shape index (κ1) is 21.9. The number of thioether (sulfide) groups is 1. The zero-order valence-electron chi connectivity index (χ0n) is 18.7. The minimum Gasteiger partial charge on any atom is -0.311 e. The van der Waals surface area contributed by atoms with Gasteiger partial charge in [-0.25, -0.2) is 15.0 Å². The Hall–Kier alpha value is -3.33. The first-order valence-electron chi connectivity index (χ1n) is 10.2. The van der Waals surface area contributed by atoms with E-state index in [9.17, 15) is 4.79 Å². The number of nitrogens with zero attached hydrogens (tertiary/aromatic N) is 6. The number of imidazole rings is 1. The Morgan fingerprint density at radius 3 is 2.59 bits per heavy atom. The van der Waals surface area contributed by atoms with Gasteiger partial charge in [-0.3, -0.25) is 14.2 Å². The summed E-state index contributed by atoms with van der Waals surface area (Å²) < 4.78 is 1.87.